The number of amides is 2. The molecule has 170 valence electrons. The molecule has 4 N–H and O–H groups in total. The van der Waals surface area contributed by atoms with Crippen molar-refractivity contribution in [2.24, 2.45) is 0 Å². The third-order valence-electron chi connectivity index (χ3n) is 5.04. The van der Waals surface area contributed by atoms with E-state index in [0.717, 1.165) is 17.7 Å². The molecule has 1 aromatic heterocycles. The number of aryl methyl sites for hydroxylation is 1. The average molecular weight is 457 g/mol. The smallest absolute Gasteiger partial charge is 0.326 e. The van der Waals surface area contributed by atoms with Crippen molar-refractivity contribution in [3.8, 4) is 0 Å². The molecule has 1 atom stereocenters. The van der Waals surface area contributed by atoms with Gasteiger partial charge in [0.2, 0.25) is 17.8 Å². The van der Waals surface area contributed by atoms with Gasteiger partial charge in [-0.1, -0.05) is 23.8 Å². The van der Waals surface area contributed by atoms with Crippen molar-refractivity contribution in [3.63, 3.8) is 0 Å². The first-order chi connectivity index (χ1) is 15.6. The second-order valence-corrected chi connectivity index (χ2v) is 7.54. The second-order valence-electron chi connectivity index (χ2n) is 7.54. The van der Waals surface area contributed by atoms with Gasteiger partial charge in [-0.25, -0.2) is 0 Å². The Kier molecular flexibility index (Phi) is 5.62. The molecule has 0 saturated carbocycles. The van der Waals surface area contributed by atoms with Crippen LogP contribution in [-0.2, 0) is 15.8 Å². The molecule has 33 heavy (non-hydrogen) atoms. The van der Waals surface area contributed by atoms with Gasteiger partial charge in [0.05, 0.1) is 17.0 Å². The van der Waals surface area contributed by atoms with Gasteiger partial charge in [0.15, 0.2) is 0 Å². The maximum Gasteiger partial charge on any atom is 0.416 e. The lowest BCUT2D eigenvalue weighted by atomic mass is 9.92. The van der Waals surface area contributed by atoms with Crippen molar-refractivity contribution in [1.82, 2.24) is 9.97 Å². The highest BCUT2D eigenvalue weighted by Crippen LogP contribution is 2.32. The van der Waals surface area contributed by atoms with Gasteiger partial charge in [-0.2, -0.15) is 18.2 Å². The number of benzene rings is 2. The molecule has 8 nitrogen and oxygen atoms in total. The molecular weight excluding hydrogens is 439 g/mol. The van der Waals surface area contributed by atoms with Gasteiger partial charge in [0.1, 0.15) is 5.82 Å². The third kappa shape index (κ3) is 4.86. The molecule has 11 heteroatoms. The molecule has 1 aliphatic heterocycles. The Hall–Kier alpha value is -4.15. The highest BCUT2D eigenvalue weighted by atomic mass is 19.4. The first-order valence-electron chi connectivity index (χ1n) is 9.86. The van der Waals surface area contributed by atoms with Crippen molar-refractivity contribution in [1.29, 1.82) is 0 Å². The largest absolute Gasteiger partial charge is 0.416 e. The summed E-state index contributed by atoms with van der Waals surface area (Å²) in [5.74, 6) is -2.48. The van der Waals surface area contributed by atoms with Gasteiger partial charge < -0.3 is 16.0 Å². The maximum atomic E-state index is 12.9. The van der Waals surface area contributed by atoms with Gasteiger partial charge in [0, 0.05) is 17.8 Å². The van der Waals surface area contributed by atoms with Crippen LogP contribution in [0.2, 0.25) is 0 Å². The minimum atomic E-state index is -4.54. The Morgan fingerprint density at radius 2 is 1.82 bits per heavy atom. The molecule has 1 aliphatic rings. The van der Waals surface area contributed by atoms with Crippen LogP contribution in [0.3, 0.4) is 0 Å². The summed E-state index contributed by atoms with van der Waals surface area (Å²) in [4.78, 5) is 44.3. The van der Waals surface area contributed by atoms with Crippen LogP contribution in [-0.4, -0.2) is 21.8 Å². The molecule has 0 unspecified atom stereocenters. The summed E-state index contributed by atoms with van der Waals surface area (Å²) < 4.78 is 38.8. The molecule has 0 saturated heterocycles. The predicted molar refractivity (Wildman–Crippen MR) is 115 cm³/mol. The second kappa shape index (κ2) is 8.41. The van der Waals surface area contributed by atoms with Crippen LogP contribution in [0.1, 0.15) is 29.0 Å². The summed E-state index contributed by atoms with van der Waals surface area (Å²) in [7, 11) is 0. The van der Waals surface area contributed by atoms with E-state index in [4.69, 9.17) is 0 Å². The number of rotatable bonds is 4. The molecule has 0 bridgehead atoms. The van der Waals surface area contributed by atoms with E-state index >= 15 is 0 Å². The van der Waals surface area contributed by atoms with E-state index in [-0.39, 0.29) is 29.4 Å². The van der Waals surface area contributed by atoms with E-state index in [1.165, 1.54) is 12.1 Å². The maximum absolute atomic E-state index is 12.9. The van der Waals surface area contributed by atoms with E-state index < -0.39 is 35.0 Å². The summed E-state index contributed by atoms with van der Waals surface area (Å²) in [6.45, 7) is 1.89. The molecule has 0 aliphatic carbocycles. The minimum absolute atomic E-state index is 0.0312. The zero-order chi connectivity index (χ0) is 23.8. The fourth-order valence-electron chi connectivity index (χ4n) is 3.43. The number of nitrogens with zero attached hydrogens (tertiary/aromatic N) is 1. The number of hydrogen-bond acceptors (Lipinski definition) is 5. The van der Waals surface area contributed by atoms with Crippen molar-refractivity contribution in [2.45, 2.75) is 25.4 Å². The van der Waals surface area contributed by atoms with Crippen molar-refractivity contribution in [2.75, 3.05) is 16.0 Å². The summed E-state index contributed by atoms with van der Waals surface area (Å²) in [5.41, 5.74) is -0.0767. The lowest BCUT2D eigenvalue weighted by Gasteiger charge is -2.23. The third-order valence-corrected chi connectivity index (χ3v) is 5.04. The van der Waals surface area contributed by atoms with Crippen LogP contribution >= 0.6 is 0 Å². The zero-order valence-electron chi connectivity index (χ0n) is 17.2. The highest BCUT2D eigenvalue weighted by molar-refractivity contribution is 6.04. The fraction of sp³-hybridized carbons (Fsp3) is 0.182. The SMILES string of the molecule is Cc1ccc(NC(=O)[C@H]2CC(=O)Nc3nc(Nc4cccc(C(F)(F)F)c4)[nH]c(=O)c32)cc1. The summed E-state index contributed by atoms with van der Waals surface area (Å²) >= 11 is 0. The number of aromatic amines is 1. The number of carbonyl (C=O) groups excluding carboxylic acids is 2. The number of nitrogens with one attached hydrogen (secondary N) is 4. The molecule has 0 radical (unpaired) electrons. The Balaban J connectivity index is 1.62. The van der Waals surface area contributed by atoms with Crippen LogP contribution in [0.5, 0.6) is 0 Å². The van der Waals surface area contributed by atoms with Gasteiger partial charge in [-0.3, -0.25) is 19.4 Å². The van der Waals surface area contributed by atoms with E-state index in [2.05, 4.69) is 25.9 Å². The molecule has 4 rings (SSSR count). The Labute approximate surface area is 185 Å². The number of alkyl halides is 3. The van der Waals surface area contributed by atoms with Crippen molar-refractivity contribution < 1.29 is 22.8 Å². The lowest BCUT2D eigenvalue weighted by Crippen LogP contribution is -2.36. The number of halogens is 3. The molecule has 2 aromatic carbocycles. The van der Waals surface area contributed by atoms with Gasteiger partial charge in [0.25, 0.3) is 5.56 Å². The average Bonchev–Trinajstić information content (AvgIpc) is 2.74. The molecule has 2 heterocycles. The first-order valence-corrected chi connectivity index (χ1v) is 9.86. The lowest BCUT2D eigenvalue weighted by molar-refractivity contribution is -0.137. The number of carbonyl (C=O) groups is 2. The van der Waals surface area contributed by atoms with E-state index in [1.54, 1.807) is 24.3 Å². The predicted octanol–water partition coefficient (Wildman–Crippen LogP) is 3.91. The van der Waals surface area contributed by atoms with Crippen LogP contribution in [0.25, 0.3) is 0 Å². The van der Waals surface area contributed by atoms with Crippen LogP contribution < -0.4 is 21.5 Å². The van der Waals surface area contributed by atoms with Gasteiger partial charge in [-0.05, 0) is 37.3 Å². The zero-order valence-corrected chi connectivity index (χ0v) is 17.2. The molecule has 3 aromatic rings. The van der Waals surface area contributed by atoms with Crippen LogP contribution in [0.4, 0.5) is 36.3 Å². The van der Waals surface area contributed by atoms with E-state index in [1.807, 2.05) is 6.92 Å². The topological polar surface area (TPSA) is 116 Å². The van der Waals surface area contributed by atoms with Gasteiger partial charge in [-0.15, -0.1) is 0 Å². The Bertz CT molecular complexity index is 1290. The quantitative estimate of drug-likeness (QED) is 0.474. The highest BCUT2D eigenvalue weighted by Gasteiger charge is 2.35. The summed E-state index contributed by atoms with van der Waals surface area (Å²) in [6.07, 6.45) is -4.80. The number of anilines is 4. The number of hydrogen-bond donors (Lipinski definition) is 4. The van der Waals surface area contributed by atoms with E-state index in [0.29, 0.717) is 5.69 Å². The normalized spacial score (nSPS) is 15.4. The standard InChI is InChI=1S/C22H18F3N5O3/c1-11-5-7-13(8-6-11)26-19(32)15-10-16(31)28-18-17(15)20(33)30-21(29-18)27-14-4-2-3-12(9-14)22(23,24)25/h2-9,15H,10H2,1H3,(H,26,32)(H3,27,28,29,30,31,33)/t15-/m0/s1. The van der Waals surface area contributed by atoms with Crippen molar-refractivity contribution >= 4 is 35.0 Å². The number of fused-ring (bicyclic) bond motifs is 1. The fourth-order valence-corrected chi connectivity index (χ4v) is 3.43. The molecule has 2 amide bonds. The summed E-state index contributed by atoms with van der Waals surface area (Å²) in [5, 5.41) is 7.72. The van der Waals surface area contributed by atoms with Crippen LogP contribution in [0, 0.1) is 6.92 Å². The first kappa shape index (κ1) is 22.1. The van der Waals surface area contributed by atoms with Crippen LogP contribution in [0.15, 0.2) is 53.3 Å². The monoisotopic (exact) mass is 457 g/mol. The molecule has 0 fully saturated rings. The van der Waals surface area contributed by atoms with Gasteiger partial charge >= 0.3 is 6.18 Å². The van der Waals surface area contributed by atoms with E-state index in [9.17, 15) is 27.6 Å². The molecule has 0 spiro atoms. The summed E-state index contributed by atoms with van der Waals surface area (Å²) in [6, 6.07) is 11.3. The number of H-pyrrole nitrogens is 1. The molecular formula is C22H18F3N5O3. The number of aromatic nitrogens is 2. The Morgan fingerprint density at radius 3 is 2.52 bits per heavy atom. The van der Waals surface area contributed by atoms with Crippen molar-refractivity contribution in [3.05, 3.63) is 75.6 Å². The minimum Gasteiger partial charge on any atom is -0.326 e. The Morgan fingerprint density at radius 1 is 1.09 bits per heavy atom.